The average Bonchev–Trinajstić information content (AvgIpc) is 2.99. The van der Waals surface area contributed by atoms with E-state index < -0.39 is 29.8 Å². The van der Waals surface area contributed by atoms with E-state index in [-0.39, 0.29) is 16.6 Å². The molecule has 0 bridgehead atoms. The second-order valence-electron chi connectivity index (χ2n) is 5.62. The van der Waals surface area contributed by atoms with Crippen LogP contribution in [0.3, 0.4) is 0 Å². The van der Waals surface area contributed by atoms with Crippen molar-refractivity contribution in [1.82, 2.24) is 10.6 Å². The summed E-state index contributed by atoms with van der Waals surface area (Å²) in [5.74, 6) is -2.22. The second kappa shape index (κ2) is 8.10. The van der Waals surface area contributed by atoms with Crippen LogP contribution in [0.4, 0.5) is 9.18 Å². The molecule has 0 heterocycles. The van der Waals surface area contributed by atoms with E-state index in [1.165, 1.54) is 6.92 Å². The molecule has 130 valence electrons. The quantitative estimate of drug-likeness (QED) is 0.812. The number of nitrogens with one attached hydrogen (secondary N) is 2. The van der Waals surface area contributed by atoms with Gasteiger partial charge in [-0.2, -0.15) is 0 Å². The van der Waals surface area contributed by atoms with E-state index in [1.54, 1.807) is 0 Å². The number of carbonyl (C=O) groups excluding carboxylic acids is 3. The van der Waals surface area contributed by atoms with E-state index in [0.717, 1.165) is 43.9 Å². The van der Waals surface area contributed by atoms with Gasteiger partial charge in [-0.25, -0.2) is 14.0 Å². The minimum Gasteiger partial charge on any atom is -0.449 e. The number of carbonyl (C=O) groups is 3. The number of benzene rings is 1. The zero-order valence-electron chi connectivity index (χ0n) is 13.1. The molecule has 1 fully saturated rings. The number of amides is 3. The highest BCUT2D eigenvalue weighted by Crippen LogP contribution is 2.19. The fourth-order valence-corrected chi connectivity index (χ4v) is 2.68. The average molecular weight is 357 g/mol. The van der Waals surface area contributed by atoms with E-state index in [9.17, 15) is 18.8 Å². The second-order valence-corrected chi connectivity index (χ2v) is 6.02. The van der Waals surface area contributed by atoms with Crippen molar-refractivity contribution in [3.63, 3.8) is 0 Å². The summed E-state index contributed by atoms with van der Waals surface area (Å²) < 4.78 is 17.9. The molecule has 1 aromatic rings. The van der Waals surface area contributed by atoms with Gasteiger partial charge in [-0.15, -0.1) is 0 Å². The highest BCUT2D eigenvalue weighted by Gasteiger charge is 2.24. The van der Waals surface area contributed by atoms with Gasteiger partial charge in [-0.05, 0) is 38.0 Å². The van der Waals surface area contributed by atoms with Gasteiger partial charge in [0.25, 0.3) is 5.91 Å². The van der Waals surface area contributed by atoms with Gasteiger partial charge in [0.15, 0.2) is 6.10 Å². The molecule has 24 heavy (non-hydrogen) atoms. The molecule has 6 nitrogen and oxygen atoms in total. The lowest BCUT2D eigenvalue weighted by atomic mass is 10.2. The topological polar surface area (TPSA) is 84.5 Å². The third-order valence-electron chi connectivity index (χ3n) is 3.73. The molecule has 2 N–H and O–H groups in total. The molecule has 1 saturated carbocycles. The van der Waals surface area contributed by atoms with Crippen LogP contribution in [0.1, 0.15) is 43.0 Å². The van der Waals surface area contributed by atoms with E-state index >= 15 is 0 Å². The molecule has 1 aliphatic carbocycles. The lowest BCUT2D eigenvalue weighted by Crippen LogP contribution is -2.47. The van der Waals surface area contributed by atoms with Gasteiger partial charge in [-0.3, -0.25) is 10.1 Å². The number of esters is 1. The molecule has 8 heteroatoms. The van der Waals surface area contributed by atoms with Crippen LogP contribution in [0.5, 0.6) is 0 Å². The van der Waals surface area contributed by atoms with Crippen LogP contribution < -0.4 is 10.6 Å². The molecule has 0 aromatic heterocycles. The van der Waals surface area contributed by atoms with Crippen molar-refractivity contribution in [3.05, 3.63) is 34.6 Å². The van der Waals surface area contributed by atoms with E-state index in [1.807, 2.05) is 0 Å². The summed E-state index contributed by atoms with van der Waals surface area (Å²) in [5.41, 5.74) is -0.0619. The Labute approximate surface area is 143 Å². The third kappa shape index (κ3) is 4.92. The first-order chi connectivity index (χ1) is 11.4. The van der Waals surface area contributed by atoms with Crippen LogP contribution in [-0.4, -0.2) is 30.1 Å². The SMILES string of the molecule is CC(OC(=O)c1ccc(F)cc1Cl)C(=O)NC(=O)NC1CCCC1. The molecule has 1 atom stereocenters. The Balaban J connectivity index is 1.86. The van der Waals surface area contributed by atoms with E-state index in [4.69, 9.17) is 16.3 Å². The first-order valence-corrected chi connectivity index (χ1v) is 8.02. The number of halogens is 2. The first kappa shape index (κ1) is 18.2. The first-order valence-electron chi connectivity index (χ1n) is 7.64. The van der Waals surface area contributed by atoms with Gasteiger partial charge in [0.1, 0.15) is 5.82 Å². The molecule has 0 radical (unpaired) electrons. The van der Waals surface area contributed by atoms with Crippen molar-refractivity contribution in [2.75, 3.05) is 0 Å². The zero-order valence-corrected chi connectivity index (χ0v) is 13.9. The normalized spacial score (nSPS) is 15.6. The minimum absolute atomic E-state index is 0.0619. The summed E-state index contributed by atoms with van der Waals surface area (Å²) >= 11 is 5.76. The van der Waals surface area contributed by atoms with Crippen molar-refractivity contribution >= 4 is 29.5 Å². The van der Waals surface area contributed by atoms with Gasteiger partial charge in [-0.1, -0.05) is 24.4 Å². The molecule has 0 spiro atoms. The van der Waals surface area contributed by atoms with Crippen LogP contribution in [0, 0.1) is 5.82 Å². The molecular weight excluding hydrogens is 339 g/mol. The maximum atomic E-state index is 13.0. The van der Waals surface area contributed by atoms with Crippen molar-refractivity contribution in [1.29, 1.82) is 0 Å². The summed E-state index contributed by atoms with van der Waals surface area (Å²) in [4.78, 5) is 35.6. The van der Waals surface area contributed by atoms with Crippen molar-refractivity contribution in [2.24, 2.45) is 0 Å². The molecule has 3 amide bonds. The van der Waals surface area contributed by atoms with Gasteiger partial charge >= 0.3 is 12.0 Å². The van der Waals surface area contributed by atoms with Crippen LogP contribution >= 0.6 is 11.6 Å². The predicted molar refractivity (Wildman–Crippen MR) is 85.2 cm³/mol. The number of ether oxygens (including phenoxy) is 1. The number of urea groups is 1. The number of hydrogen-bond donors (Lipinski definition) is 2. The van der Waals surface area contributed by atoms with Crippen LogP contribution in [0.15, 0.2) is 18.2 Å². The molecule has 0 saturated heterocycles. The Kier molecular flexibility index (Phi) is 6.14. The lowest BCUT2D eigenvalue weighted by molar-refractivity contribution is -0.127. The molecule has 2 rings (SSSR count). The van der Waals surface area contributed by atoms with Gasteiger partial charge in [0.05, 0.1) is 10.6 Å². The van der Waals surface area contributed by atoms with Crippen LogP contribution in [-0.2, 0) is 9.53 Å². The largest absolute Gasteiger partial charge is 0.449 e. The maximum Gasteiger partial charge on any atom is 0.340 e. The van der Waals surface area contributed by atoms with Gasteiger partial charge < -0.3 is 10.1 Å². The Hall–Kier alpha value is -2.15. The molecule has 1 unspecified atom stereocenters. The summed E-state index contributed by atoms with van der Waals surface area (Å²) in [6, 6.07) is 2.64. The molecule has 1 aliphatic rings. The molecule has 0 aliphatic heterocycles. The van der Waals surface area contributed by atoms with E-state index in [2.05, 4.69) is 10.6 Å². The zero-order chi connectivity index (χ0) is 17.7. The molecular formula is C16H18ClFN2O4. The molecule has 1 aromatic carbocycles. The van der Waals surface area contributed by atoms with Gasteiger partial charge in [0, 0.05) is 6.04 Å². The Morgan fingerprint density at radius 2 is 1.96 bits per heavy atom. The van der Waals surface area contributed by atoms with E-state index in [0.29, 0.717) is 0 Å². The van der Waals surface area contributed by atoms with Crippen molar-refractivity contribution < 1.29 is 23.5 Å². The third-order valence-corrected chi connectivity index (χ3v) is 4.04. The minimum atomic E-state index is -1.20. The highest BCUT2D eigenvalue weighted by atomic mass is 35.5. The summed E-state index contributed by atoms with van der Waals surface area (Å²) in [6.07, 6.45) is 2.66. The number of imide groups is 1. The fraction of sp³-hybridized carbons (Fsp3) is 0.438. The lowest BCUT2D eigenvalue weighted by Gasteiger charge is -2.15. The summed E-state index contributed by atoms with van der Waals surface area (Å²) in [6.45, 7) is 1.33. The fourth-order valence-electron chi connectivity index (χ4n) is 2.44. The smallest absolute Gasteiger partial charge is 0.340 e. The maximum absolute atomic E-state index is 13.0. The standard InChI is InChI=1S/C16H18ClFN2O4/c1-9(14(21)20-16(23)19-11-4-2-3-5-11)24-15(22)12-7-6-10(18)8-13(12)17/h6-9,11H,2-5H2,1H3,(H2,19,20,21,23). The van der Waals surface area contributed by atoms with Crippen LogP contribution in [0.2, 0.25) is 5.02 Å². The van der Waals surface area contributed by atoms with Crippen molar-refractivity contribution in [2.45, 2.75) is 44.8 Å². The summed E-state index contributed by atoms with van der Waals surface area (Å²) in [5, 5.41) is 4.70. The monoisotopic (exact) mass is 356 g/mol. The highest BCUT2D eigenvalue weighted by molar-refractivity contribution is 6.33. The number of hydrogen-bond acceptors (Lipinski definition) is 4. The Morgan fingerprint density at radius 3 is 2.58 bits per heavy atom. The van der Waals surface area contributed by atoms with Gasteiger partial charge in [0.2, 0.25) is 0 Å². The Bertz CT molecular complexity index is 647. The van der Waals surface area contributed by atoms with Crippen molar-refractivity contribution in [3.8, 4) is 0 Å². The number of rotatable bonds is 4. The summed E-state index contributed by atoms with van der Waals surface area (Å²) in [7, 11) is 0. The Morgan fingerprint density at radius 1 is 1.29 bits per heavy atom. The predicted octanol–water partition coefficient (Wildman–Crippen LogP) is 2.79. The van der Waals surface area contributed by atoms with Crippen LogP contribution in [0.25, 0.3) is 0 Å².